The van der Waals surface area contributed by atoms with Gasteiger partial charge in [0, 0.05) is 43.2 Å². The zero-order valence-corrected chi connectivity index (χ0v) is 33.1. The molecule has 56 heavy (non-hydrogen) atoms. The molecule has 6 atom stereocenters. The fourth-order valence-electron chi connectivity index (χ4n) is 8.71. The summed E-state index contributed by atoms with van der Waals surface area (Å²) in [5, 5.41) is 18.9. The first kappa shape index (κ1) is 39.7. The van der Waals surface area contributed by atoms with Crippen molar-refractivity contribution in [3.63, 3.8) is 0 Å². The Morgan fingerprint density at radius 1 is 0.732 bits per heavy atom. The quantitative estimate of drug-likeness (QED) is 0.122. The highest BCUT2D eigenvalue weighted by Gasteiger charge is 2.44. The average molecular weight is 759 g/mol. The Morgan fingerprint density at radius 2 is 1.43 bits per heavy atom. The number of amides is 3. The van der Waals surface area contributed by atoms with Crippen LogP contribution in [0.5, 0.6) is 0 Å². The lowest BCUT2D eigenvalue weighted by Crippen LogP contribution is -2.61. The summed E-state index contributed by atoms with van der Waals surface area (Å²) in [6.45, 7) is 7.69. The van der Waals surface area contributed by atoms with Crippen molar-refractivity contribution >= 4 is 11.9 Å². The third-order valence-electron chi connectivity index (χ3n) is 11.5. The van der Waals surface area contributed by atoms with E-state index in [-0.39, 0.29) is 42.3 Å². The first-order chi connectivity index (χ1) is 27.1. The van der Waals surface area contributed by atoms with E-state index in [9.17, 15) is 14.7 Å². The number of piperidine rings is 1. The predicted octanol–water partition coefficient (Wildman–Crippen LogP) is 8.33. The molecule has 7 rings (SSSR count). The van der Waals surface area contributed by atoms with E-state index in [2.05, 4.69) is 78.0 Å². The van der Waals surface area contributed by atoms with Crippen LogP contribution in [0.4, 0.5) is 4.79 Å². The van der Waals surface area contributed by atoms with Gasteiger partial charge in [0.1, 0.15) is 0 Å². The first-order valence-corrected chi connectivity index (χ1v) is 20.4. The van der Waals surface area contributed by atoms with Crippen molar-refractivity contribution in [2.75, 3.05) is 6.54 Å². The molecular weight excluding hydrogens is 701 g/mol. The molecule has 0 spiro atoms. The van der Waals surface area contributed by atoms with Crippen LogP contribution in [-0.4, -0.2) is 52.2 Å². The number of urea groups is 1. The second-order valence-corrected chi connectivity index (χ2v) is 16.8. The third kappa shape index (κ3) is 10.2. The molecule has 3 amide bonds. The van der Waals surface area contributed by atoms with Crippen molar-refractivity contribution < 1.29 is 24.2 Å². The van der Waals surface area contributed by atoms with Gasteiger partial charge in [-0.1, -0.05) is 110 Å². The number of nitrogens with one attached hydrogen (secondary N) is 3. The number of benzene rings is 4. The van der Waals surface area contributed by atoms with Crippen molar-refractivity contribution in [3.8, 4) is 11.1 Å². The summed E-state index contributed by atoms with van der Waals surface area (Å²) < 4.78 is 13.6. The molecule has 4 aromatic carbocycles. The van der Waals surface area contributed by atoms with Crippen molar-refractivity contribution in [3.05, 3.63) is 131 Å². The molecular formula is C47H58N4O5. The van der Waals surface area contributed by atoms with E-state index in [0.29, 0.717) is 38.0 Å². The Labute approximate surface area is 332 Å². The standard InChI is InChI=1S/C47H58N4O5/c1-47(2,3)50-44(53)42-25-24-36-13-7-8-15-41(36)51(42)30-40-27-43(37-18-16-33(31-52)17-19-37)56-45(55-40)38-22-20-35(21-23-38)39-14-9-12-34(26-39)29-49-46(54)48-28-32-10-5-4-6-11-32/h4-6,9-12,14,16-23,26,36,40-43,45,52H,7-8,13,15,24-25,27-31H2,1-3H3,(H,50,53)(H2,48,49,54). The molecule has 0 aromatic heterocycles. The number of fused-ring (bicyclic) bond motifs is 1. The van der Waals surface area contributed by atoms with E-state index < -0.39 is 6.29 Å². The predicted molar refractivity (Wildman–Crippen MR) is 219 cm³/mol. The molecule has 4 N–H and O–H groups in total. The number of hydrogen-bond donors (Lipinski definition) is 4. The van der Waals surface area contributed by atoms with Gasteiger partial charge in [-0.25, -0.2) is 4.79 Å². The minimum Gasteiger partial charge on any atom is -0.392 e. The maximum Gasteiger partial charge on any atom is 0.315 e. The molecule has 2 saturated heterocycles. The van der Waals surface area contributed by atoms with Crippen molar-refractivity contribution in [2.24, 2.45) is 5.92 Å². The molecule has 4 aromatic rings. The molecule has 1 saturated carbocycles. The number of aliphatic hydroxyl groups excluding tert-OH is 1. The maximum atomic E-state index is 13.8. The molecule has 0 radical (unpaired) electrons. The lowest BCUT2D eigenvalue weighted by Gasteiger charge is -2.50. The Bertz CT molecular complexity index is 1890. The Morgan fingerprint density at radius 3 is 2.16 bits per heavy atom. The number of carbonyl (C=O) groups is 2. The first-order valence-electron chi connectivity index (χ1n) is 20.4. The fraction of sp³-hybridized carbons (Fsp3) is 0.447. The van der Waals surface area contributed by atoms with Crippen LogP contribution in [-0.2, 0) is 34.0 Å². The van der Waals surface area contributed by atoms with Crippen molar-refractivity contribution in [2.45, 2.75) is 122 Å². The van der Waals surface area contributed by atoms with Gasteiger partial charge in [-0.2, -0.15) is 0 Å². The minimum atomic E-state index is -0.593. The highest BCUT2D eigenvalue weighted by Crippen LogP contribution is 2.42. The Balaban J connectivity index is 1.07. The van der Waals surface area contributed by atoms with Crippen LogP contribution in [0.2, 0.25) is 0 Å². The van der Waals surface area contributed by atoms with Crippen molar-refractivity contribution in [1.82, 2.24) is 20.9 Å². The molecule has 2 aliphatic heterocycles. The zero-order chi connectivity index (χ0) is 39.1. The smallest absolute Gasteiger partial charge is 0.315 e. The lowest BCUT2D eigenvalue weighted by atomic mass is 9.75. The molecule has 2 heterocycles. The summed E-state index contributed by atoms with van der Waals surface area (Å²) in [4.78, 5) is 28.8. The molecule has 6 unspecified atom stereocenters. The number of nitrogens with zero attached hydrogens (tertiary/aromatic N) is 1. The van der Waals surface area contributed by atoms with Crippen molar-refractivity contribution in [1.29, 1.82) is 0 Å². The highest BCUT2D eigenvalue weighted by molar-refractivity contribution is 5.82. The van der Waals surface area contributed by atoms with Gasteiger partial charge in [-0.05, 0) is 91.8 Å². The molecule has 296 valence electrons. The average Bonchev–Trinajstić information content (AvgIpc) is 3.22. The van der Waals surface area contributed by atoms with E-state index in [1.807, 2.05) is 66.7 Å². The van der Waals surface area contributed by atoms with Gasteiger partial charge in [0.25, 0.3) is 0 Å². The molecule has 3 aliphatic rings. The van der Waals surface area contributed by atoms with E-state index in [1.165, 1.54) is 19.3 Å². The van der Waals surface area contributed by atoms with Gasteiger partial charge in [0.15, 0.2) is 6.29 Å². The zero-order valence-electron chi connectivity index (χ0n) is 33.1. The van der Waals surface area contributed by atoms with Crippen LogP contribution in [0.15, 0.2) is 103 Å². The van der Waals surface area contributed by atoms with Gasteiger partial charge < -0.3 is 30.5 Å². The number of likely N-dealkylation sites (tertiary alicyclic amines) is 1. The maximum absolute atomic E-state index is 13.8. The molecule has 3 fully saturated rings. The number of ether oxygens (including phenoxy) is 2. The number of rotatable bonds is 11. The normalized spacial score (nSPS) is 24.1. The van der Waals surface area contributed by atoms with Crippen LogP contribution in [0.3, 0.4) is 0 Å². The topological polar surface area (TPSA) is 112 Å². The van der Waals surface area contributed by atoms with E-state index in [1.54, 1.807) is 0 Å². The summed E-state index contributed by atoms with van der Waals surface area (Å²) in [5.74, 6) is 0.724. The number of carbonyl (C=O) groups excluding carboxylic acids is 2. The SMILES string of the molecule is CC(C)(C)NC(=O)C1CCC2CCCCC2N1CC1CC(c2ccc(CO)cc2)OC(c2ccc(-c3cccc(CNC(=O)NCc4ccccc4)c3)cc2)O1. The number of aliphatic hydroxyl groups is 1. The second kappa shape index (κ2) is 18.2. The highest BCUT2D eigenvalue weighted by atomic mass is 16.7. The van der Waals surface area contributed by atoms with Gasteiger partial charge in [0.2, 0.25) is 5.91 Å². The van der Waals surface area contributed by atoms with Crippen LogP contribution in [0, 0.1) is 5.92 Å². The van der Waals surface area contributed by atoms with Gasteiger partial charge in [0.05, 0.1) is 24.9 Å². The molecule has 9 nitrogen and oxygen atoms in total. The fourth-order valence-corrected chi connectivity index (χ4v) is 8.71. The van der Waals surface area contributed by atoms with Gasteiger partial charge >= 0.3 is 6.03 Å². The van der Waals surface area contributed by atoms with E-state index in [4.69, 9.17) is 9.47 Å². The molecule has 9 heteroatoms. The van der Waals surface area contributed by atoms with Gasteiger partial charge in [-0.15, -0.1) is 0 Å². The minimum absolute atomic E-state index is 0.00838. The van der Waals surface area contributed by atoms with Gasteiger partial charge in [-0.3, -0.25) is 9.69 Å². The third-order valence-corrected chi connectivity index (χ3v) is 11.5. The second-order valence-electron chi connectivity index (χ2n) is 16.8. The summed E-state index contributed by atoms with van der Waals surface area (Å²) >= 11 is 0. The summed E-state index contributed by atoms with van der Waals surface area (Å²) in [6, 6.07) is 34.4. The Kier molecular flexibility index (Phi) is 12.9. The van der Waals surface area contributed by atoms with Crippen LogP contribution in [0.25, 0.3) is 11.1 Å². The largest absolute Gasteiger partial charge is 0.392 e. The van der Waals surface area contributed by atoms with E-state index >= 15 is 0 Å². The number of hydrogen-bond acceptors (Lipinski definition) is 6. The van der Waals surface area contributed by atoms with E-state index in [0.717, 1.165) is 58.2 Å². The van der Waals surface area contributed by atoms with Crippen LogP contribution in [0.1, 0.15) is 106 Å². The van der Waals surface area contributed by atoms with Crippen LogP contribution >= 0.6 is 0 Å². The summed E-state index contributed by atoms with van der Waals surface area (Å²) in [5.41, 5.74) is 6.70. The van der Waals surface area contributed by atoms with Crippen LogP contribution < -0.4 is 16.0 Å². The monoisotopic (exact) mass is 758 g/mol. The lowest BCUT2D eigenvalue weighted by molar-refractivity contribution is -0.255. The molecule has 1 aliphatic carbocycles. The Hall–Kier alpha value is -4.54. The summed E-state index contributed by atoms with van der Waals surface area (Å²) in [6.07, 6.45) is 6.45. The molecule has 0 bridgehead atoms. The summed E-state index contributed by atoms with van der Waals surface area (Å²) in [7, 11) is 0.